The molecule has 0 saturated heterocycles. The van der Waals surface area contributed by atoms with Crippen molar-refractivity contribution < 1.29 is 4.42 Å². The number of hydrogen-bond donors (Lipinski definition) is 0. The fraction of sp³-hybridized carbons (Fsp3) is 0.0182. The second-order valence-electron chi connectivity index (χ2n) is 15.5. The Balaban J connectivity index is 1.09. The number of fused-ring (bicyclic) bond motifs is 19. The third kappa shape index (κ3) is 3.79. The van der Waals surface area contributed by atoms with Gasteiger partial charge in [-0.05, 0) is 124 Å². The number of hydrogen-bond acceptors (Lipinski definition) is 1. The van der Waals surface area contributed by atoms with E-state index in [1.807, 2.05) is 6.07 Å². The Bertz CT molecular complexity index is 3440. The lowest BCUT2D eigenvalue weighted by molar-refractivity contribution is 0.670. The third-order valence-electron chi connectivity index (χ3n) is 12.9. The highest BCUT2D eigenvalue weighted by Gasteiger charge is 2.51. The first-order chi connectivity index (χ1) is 27.8. The van der Waals surface area contributed by atoms with Gasteiger partial charge in [0.2, 0.25) is 0 Å². The summed E-state index contributed by atoms with van der Waals surface area (Å²) < 4.78 is 6.49. The van der Waals surface area contributed by atoms with Crippen LogP contribution in [0.25, 0.3) is 98.8 Å². The number of rotatable bonds is 2. The quantitative estimate of drug-likeness (QED) is 0.163. The predicted molar refractivity (Wildman–Crippen MR) is 233 cm³/mol. The van der Waals surface area contributed by atoms with Gasteiger partial charge in [0.25, 0.3) is 0 Å². The van der Waals surface area contributed by atoms with Crippen LogP contribution in [0.5, 0.6) is 0 Å². The average Bonchev–Trinajstić information content (AvgIpc) is 3.90. The number of furan rings is 1. The highest BCUT2D eigenvalue weighted by Crippen LogP contribution is 2.64. The van der Waals surface area contributed by atoms with E-state index in [4.69, 9.17) is 4.42 Å². The maximum atomic E-state index is 6.49. The van der Waals surface area contributed by atoms with Gasteiger partial charge in [0, 0.05) is 16.3 Å². The van der Waals surface area contributed by atoms with Crippen LogP contribution in [-0.4, -0.2) is 0 Å². The zero-order chi connectivity index (χ0) is 36.5. The van der Waals surface area contributed by atoms with Crippen molar-refractivity contribution in [1.82, 2.24) is 0 Å². The third-order valence-corrected chi connectivity index (χ3v) is 12.9. The molecule has 0 aliphatic heterocycles. The summed E-state index contributed by atoms with van der Waals surface area (Å²) in [5.41, 5.74) is 16.7. The van der Waals surface area contributed by atoms with Crippen molar-refractivity contribution >= 4 is 54.3 Å². The zero-order valence-electron chi connectivity index (χ0n) is 30.4. The van der Waals surface area contributed by atoms with Gasteiger partial charge in [-0.3, -0.25) is 0 Å². The Morgan fingerprint density at radius 1 is 0.268 bits per heavy atom. The molecular formula is C55H32O. The van der Waals surface area contributed by atoms with Gasteiger partial charge >= 0.3 is 0 Å². The molecule has 1 heterocycles. The molecular weight excluding hydrogens is 677 g/mol. The molecule has 0 bridgehead atoms. The van der Waals surface area contributed by atoms with Crippen LogP contribution < -0.4 is 0 Å². The molecule has 0 amide bonds. The lowest BCUT2D eigenvalue weighted by Crippen LogP contribution is -2.25. The minimum atomic E-state index is -0.434. The number of benzene rings is 10. The summed E-state index contributed by atoms with van der Waals surface area (Å²) in [4.78, 5) is 0. The lowest BCUT2D eigenvalue weighted by Gasteiger charge is -2.31. The molecule has 0 unspecified atom stereocenters. The van der Waals surface area contributed by atoms with Gasteiger partial charge in [-0.15, -0.1) is 0 Å². The largest absolute Gasteiger partial charge is 0.455 e. The molecule has 0 radical (unpaired) electrons. The maximum absolute atomic E-state index is 6.49. The highest BCUT2D eigenvalue weighted by atomic mass is 16.3. The molecule has 258 valence electrons. The van der Waals surface area contributed by atoms with Crippen molar-refractivity contribution in [3.05, 3.63) is 216 Å². The van der Waals surface area contributed by atoms with Gasteiger partial charge < -0.3 is 4.42 Å². The Kier molecular flexibility index (Phi) is 5.89. The summed E-state index contributed by atoms with van der Waals surface area (Å²) in [6.45, 7) is 0. The fourth-order valence-electron chi connectivity index (χ4n) is 10.6. The first-order valence-corrected chi connectivity index (χ1v) is 19.5. The van der Waals surface area contributed by atoms with Crippen LogP contribution in [0.4, 0.5) is 0 Å². The topological polar surface area (TPSA) is 13.1 Å². The van der Waals surface area contributed by atoms with E-state index in [2.05, 4.69) is 188 Å². The molecule has 0 atom stereocenters. The molecule has 1 aromatic heterocycles. The van der Waals surface area contributed by atoms with E-state index >= 15 is 0 Å². The molecule has 0 N–H and O–H groups in total. The summed E-state index contributed by atoms with van der Waals surface area (Å²) in [5, 5.41) is 10.1. The van der Waals surface area contributed by atoms with Crippen LogP contribution >= 0.6 is 0 Å². The van der Waals surface area contributed by atoms with Crippen LogP contribution in [0.1, 0.15) is 22.3 Å². The summed E-state index contributed by atoms with van der Waals surface area (Å²) in [7, 11) is 0. The molecule has 10 aromatic carbocycles. The molecule has 1 nitrogen and oxygen atoms in total. The smallest absolute Gasteiger partial charge is 0.143 e. The fourth-order valence-corrected chi connectivity index (χ4v) is 10.6. The van der Waals surface area contributed by atoms with Crippen molar-refractivity contribution in [3.8, 4) is 44.5 Å². The van der Waals surface area contributed by atoms with Crippen molar-refractivity contribution in [2.24, 2.45) is 0 Å². The van der Waals surface area contributed by atoms with Crippen LogP contribution in [0.3, 0.4) is 0 Å². The first-order valence-electron chi connectivity index (χ1n) is 19.5. The van der Waals surface area contributed by atoms with Gasteiger partial charge in [0.15, 0.2) is 0 Å². The van der Waals surface area contributed by atoms with Crippen LogP contribution in [-0.2, 0) is 5.41 Å². The maximum Gasteiger partial charge on any atom is 0.143 e. The summed E-state index contributed by atoms with van der Waals surface area (Å²) >= 11 is 0. The zero-order valence-corrected chi connectivity index (χ0v) is 30.4. The normalized spacial score (nSPS) is 13.5. The molecule has 2 aliphatic rings. The highest BCUT2D eigenvalue weighted by molar-refractivity contribution is 6.26. The summed E-state index contributed by atoms with van der Waals surface area (Å²) in [6, 6.07) is 72.1. The van der Waals surface area contributed by atoms with E-state index in [0.29, 0.717) is 0 Å². The van der Waals surface area contributed by atoms with Crippen LogP contribution in [0.2, 0.25) is 0 Å². The Hall–Kier alpha value is -7.22. The van der Waals surface area contributed by atoms with Gasteiger partial charge in [-0.2, -0.15) is 0 Å². The van der Waals surface area contributed by atoms with Crippen molar-refractivity contribution in [1.29, 1.82) is 0 Å². The molecule has 11 aromatic rings. The molecule has 1 spiro atoms. The molecule has 2 aliphatic carbocycles. The predicted octanol–water partition coefficient (Wildman–Crippen LogP) is 14.7. The van der Waals surface area contributed by atoms with Crippen molar-refractivity contribution in [2.45, 2.75) is 5.41 Å². The Labute approximate surface area is 323 Å². The van der Waals surface area contributed by atoms with Gasteiger partial charge in [0.05, 0.1) is 5.41 Å². The summed E-state index contributed by atoms with van der Waals surface area (Å²) in [5.74, 6) is 0. The minimum Gasteiger partial charge on any atom is -0.455 e. The van der Waals surface area contributed by atoms with E-state index in [-0.39, 0.29) is 0 Å². The molecule has 13 rings (SSSR count). The van der Waals surface area contributed by atoms with E-state index in [9.17, 15) is 0 Å². The van der Waals surface area contributed by atoms with E-state index < -0.39 is 5.41 Å². The van der Waals surface area contributed by atoms with Crippen molar-refractivity contribution in [3.63, 3.8) is 0 Å². The Morgan fingerprint density at radius 3 is 1.50 bits per heavy atom. The SMILES string of the molecule is c1cc(-c2ccc3c(c2)-c2cc4c5ccccc5c5ccccc5c4cc2C32c3ccccc3-c3ccccc32)cc(-c2cccc3c2oc2ccccc23)c1. The molecule has 0 saturated carbocycles. The second kappa shape index (κ2) is 10.9. The standard InChI is InChI=1S/C55H32O/c1-3-17-39-37(15-1)38-16-2-4-18-40(38)46-32-52-48(31-45(39)46)47-30-34(27-28-51(47)55(52)49-24-8-5-19-41(49)42-20-6-9-25-50(42)55)33-13-11-14-35(29-33)36-22-12-23-44-43-21-7-10-26-53(43)56-54(36)44/h1-32H. The minimum absolute atomic E-state index is 0.434. The average molecular weight is 709 g/mol. The van der Waals surface area contributed by atoms with Gasteiger partial charge in [-0.25, -0.2) is 0 Å². The lowest BCUT2D eigenvalue weighted by atomic mass is 9.70. The first kappa shape index (κ1) is 30.1. The van der Waals surface area contributed by atoms with Crippen molar-refractivity contribution in [2.75, 3.05) is 0 Å². The second-order valence-corrected chi connectivity index (χ2v) is 15.5. The Morgan fingerprint density at radius 2 is 0.768 bits per heavy atom. The van der Waals surface area contributed by atoms with E-state index in [1.54, 1.807) is 0 Å². The monoisotopic (exact) mass is 708 g/mol. The van der Waals surface area contributed by atoms with E-state index in [1.165, 1.54) is 88.0 Å². The molecule has 56 heavy (non-hydrogen) atoms. The molecule has 1 heteroatoms. The van der Waals surface area contributed by atoms with E-state index in [0.717, 1.165) is 33.1 Å². The molecule has 0 fully saturated rings. The van der Waals surface area contributed by atoms with Crippen LogP contribution in [0.15, 0.2) is 199 Å². The summed E-state index contributed by atoms with van der Waals surface area (Å²) in [6.07, 6.45) is 0. The van der Waals surface area contributed by atoms with Gasteiger partial charge in [0.1, 0.15) is 11.2 Å². The number of para-hydroxylation sites is 2. The van der Waals surface area contributed by atoms with Crippen LogP contribution in [0, 0.1) is 0 Å². The van der Waals surface area contributed by atoms with Gasteiger partial charge in [-0.1, -0.05) is 164 Å².